The fourth-order valence-electron chi connectivity index (χ4n) is 5.60. The van der Waals surface area contributed by atoms with Crippen LogP contribution >= 0.6 is 0 Å². The van der Waals surface area contributed by atoms with E-state index in [0.717, 1.165) is 74.5 Å². The van der Waals surface area contributed by atoms with E-state index < -0.39 is 0 Å². The van der Waals surface area contributed by atoms with Gasteiger partial charge in [-0.2, -0.15) is 0 Å². The van der Waals surface area contributed by atoms with Gasteiger partial charge in [-0.15, -0.1) is 0 Å². The lowest BCUT2D eigenvalue weighted by Gasteiger charge is -2.34. The molecule has 3 aliphatic rings. The largest absolute Gasteiger partial charge is 0.399 e. The molecule has 37 heavy (non-hydrogen) atoms. The van der Waals surface area contributed by atoms with E-state index in [-0.39, 0.29) is 17.9 Å². The van der Waals surface area contributed by atoms with Gasteiger partial charge in [0.2, 0.25) is 5.91 Å². The molecule has 1 atom stereocenters. The number of amides is 2. The van der Waals surface area contributed by atoms with Gasteiger partial charge in [-0.05, 0) is 74.8 Å². The standard InChI is InChI=1S/C30H37N5O2/c1-21-5-6-25(30(37)35-17-12-23(13-18-35)22-7-9-26(31)10-8-22)19-27(21)33-29(36)24-11-14-32-28(20-24)34-15-3-2-4-16-34/h5-11,14,20,23,27H,2-4,12-13,15-19,31H2,1H3,(H,33,36). The third kappa shape index (κ3) is 5.87. The fraction of sp³-hybridized carbons (Fsp3) is 0.433. The number of aromatic nitrogens is 1. The highest BCUT2D eigenvalue weighted by atomic mass is 16.2. The molecule has 0 bridgehead atoms. The Kier molecular flexibility index (Phi) is 7.58. The minimum absolute atomic E-state index is 0.0788. The molecule has 0 spiro atoms. The van der Waals surface area contributed by atoms with Crippen LogP contribution in [0.5, 0.6) is 0 Å². The average Bonchev–Trinajstić information content (AvgIpc) is 2.95. The van der Waals surface area contributed by atoms with Gasteiger partial charge in [-0.1, -0.05) is 29.9 Å². The van der Waals surface area contributed by atoms with Crippen molar-refractivity contribution < 1.29 is 9.59 Å². The minimum atomic E-state index is -0.199. The number of nitrogens with one attached hydrogen (secondary N) is 1. The van der Waals surface area contributed by atoms with Crippen LogP contribution in [0.15, 0.2) is 65.9 Å². The lowest BCUT2D eigenvalue weighted by atomic mass is 9.88. The van der Waals surface area contributed by atoms with Crippen molar-refractivity contribution in [1.82, 2.24) is 15.2 Å². The third-order valence-electron chi connectivity index (χ3n) is 7.98. The number of carbonyl (C=O) groups is 2. The molecule has 1 aromatic carbocycles. The smallest absolute Gasteiger partial charge is 0.251 e. The number of hydrogen-bond donors (Lipinski definition) is 2. The first-order chi connectivity index (χ1) is 18.0. The van der Waals surface area contributed by atoms with Crippen LogP contribution in [0, 0.1) is 0 Å². The number of nitrogen functional groups attached to an aromatic ring is 1. The Bertz CT molecular complexity index is 1190. The molecule has 2 aliphatic heterocycles. The summed E-state index contributed by atoms with van der Waals surface area (Å²) in [6.07, 6.45) is 11.6. The molecule has 194 valence electrons. The van der Waals surface area contributed by atoms with Crippen LogP contribution < -0.4 is 16.0 Å². The number of likely N-dealkylation sites (tertiary alicyclic amines) is 1. The highest BCUT2D eigenvalue weighted by Gasteiger charge is 2.29. The molecule has 7 heteroatoms. The number of allylic oxidation sites excluding steroid dienone is 2. The van der Waals surface area contributed by atoms with Crippen LogP contribution in [-0.2, 0) is 4.79 Å². The predicted octanol–water partition coefficient (Wildman–Crippen LogP) is 4.44. The van der Waals surface area contributed by atoms with Crippen molar-refractivity contribution in [2.45, 2.75) is 57.4 Å². The Morgan fingerprint density at radius 3 is 2.43 bits per heavy atom. The van der Waals surface area contributed by atoms with Crippen LogP contribution in [0.4, 0.5) is 11.5 Å². The van der Waals surface area contributed by atoms with E-state index >= 15 is 0 Å². The summed E-state index contributed by atoms with van der Waals surface area (Å²) in [6.45, 7) is 5.45. The fourth-order valence-corrected chi connectivity index (χ4v) is 5.60. The molecule has 1 unspecified atom stereocenters. The number of nitrogens with two attached hydrogens (primary N) is 1. The van der Waals surface area contributed by atoms with Gasteiger partial charge in [0, 0.05) is 55.6 Å². The minimum Gasteiger partial charge on any atom is -0.399 e. The van der Waals surface area contributed by atoms with E-state index in [0.29, 0.717) is 17.9 Å². The molecular formula is C30H37N5O2. The van der Waals surface area contributed by atoms with Gasteiger partial charge in [0.1, 0.15) is 5.82 Å². The van der Waals surface area contributed by atoms with Crippen molar-refractivity contribution in [3.63, 3.8) is 0 Å². The number of carbonyl (C=O) groups excluding carboxylic acids is 2. The van der Waals surface area contributed by atoms with E-state index in [1.807, 2.05) is 42.2 Å². The Morgan fingerprint density at radius 1 is 0.973 bits per heavy atom. The molecule has 2 saturated heterocycles. The number of nitrogens with zero attached hydrogens (tertiary/aromatic N) is 3. The summed E-state index contributed by atoms with van der Waals surface area (Å²) < 4.78 is 0. The molecule has 2 aromatic rings. The van der Waals surface area contributed by atoms with Gasteiger partial charge >= 0.3 is 0 Å². The monoisotopic (exact) mass is 499 g/mol. The van der Waals surface area contributed by atoms with Crippen LogP contribution in [0.2, 0.25) is 0 Å². The first-order valence-corrected chi connectivity index (χ1v) is 13.5. The Hall–Kier alpha value is -3.61. The van der Waals surface area contributed by atoms with Crippen molar-refractivity contribution >= 4 is 23.3 Å². The van der Waals surface area contributed by atoms with E-state index in [9.17, 15) is 9.59 Å². The first-order valence-electron chi connectivity index (χ1n) is 13.5. The van der Waals surface area contributed by atoms with Crippen LogP contribution in [0.25, 0.3) is 0 Å². The van der Waals surface area contributed by atoms with E-state index in [2.05, 4.69) is 27.3 Å². The topological polar surface area (TPSA) is 91.6 Å². The second kappa shape index (κ2) is 11.2. The molecule has 1 aliphatic carbocycles. The molecule has 3 N–H and O–H groups in total. The van der Waals surface area contributed by atoms with Gasteiger partial charge in [0.05, 0.1) is 6.04 Å². The maximum absolute atomic E-state index is 13.4. The molecule has 2 fully saturated rings. The zero-order valence-electron chi connectivity index (χ0n) is 21.7. The molecule has 2 amide bonds. The van der Waals surface area contributed by atoms with Crippen LogP contribution in [-0.4, -0.2) is 53.9 Å². The zero-order chi connectivity index (χ0) is 25.8. The van der Waals surface area contributed by atoms with E-state index in [4.69, 9.17) is 5.73 Å². The number of pyridine rings is 1. The molecule has 0 saturated carbocycles. The predicted molar refractivity (Wildman–Crippen MR) is 147 cm³/mol. The van der Waals surface area contributed by atoms with Crippen molar-refractivity contribution in [2.75, 3.05) is 36.8 Å². The first kappa shape index (κ1) is 25.1. The zero-order valence-corrected chi connectivity index (χ0v) is 21.7. The van der Waals surface area contributed by atoms with Crippen molar-refractivity contribution in [2.24, 2.45) is 0 Å². The molecule has 1 aromatic heterocycles. The van der Waals surface area contributed by atoms with Crippen molar-refractivity contribution in [1.29, 1.82) is 0 Å². The SMILES string of the molecule is CC1=CC=C(C(=O)N2CCC(c3ccc(N)cc3)CC2)CC1NC(=O)c1ccnc(N2CCCCC2)c1. The number of benzene rings is 1. The molecule has 0 radical (unpaired) electrons. The quantitative estimate of drug-likeness (QED) is 0.594. The van der Waals surface area contributed by atoms with Gasteiger partial charge < -0.3 is 20.9 Å². The Balaban J connectivity index is 1.18. The lowest BCUT2D eigenvalue weighted by Crippen LogP contribution is -2.42. The summed E-state index contributed by atoms with van der Waals surface area (Å²) in [5.74, 6) is 1.27. The maximum atomic E-state index is 13.4. The molecular weight excluding hydrogens is 462 g/mol. The van der Waals surface area contributed by atoms with Gasteiger partial charge in [0.25, 0.3) is 5.91 Å². The summed E-state index contributed by atoms with van der Waals surface area (Å²) in [4.78, 5) is 35.2. The average molecular weight is 500 g/mol. The van der Waals surface area contributed by atoms with Crippen LogP contribution in [0.1, 0.15) is 67.3 Å². The molecule has 3 heterocycles. The van der Waals surface area contributed by atoms with E-state index in [1.165, 1.54) is 12.0 Å². The third-order valence-corrected chi connectivity index (χ3v) is 7.98. The number of rotatable bonds is 5. The summed E-state index contributed by atoms with van der Waals surface area (Å²) in [5.41, 5.74) is 10.3. The number of anilines is 2. The van der Waals surface area contributed by atoms with Crippen molar-refractivity contribution in [3.05, 3.63) is 77.0 Å². The highest BCUT2D eigenvalue weighted by molar-refractivity contribution is 5.96. The van der Waals surface area contributed by atoms with Crippen molar-refractivity contribution in [3.8, 4) is 0 Å². The highest BCUT2D eigenvalue weighted by Crippen LogP contribution is 2.30. The number of hydrogen-bond acceptors (Lipinski definition) is 5. The summed E-state index contributed by atoms with van der Waals surface area (Å²) >= 11 is 0. The second-order valence-electron chi connectivity index (χ2n) is 10.5. The van der Waals surface area contributed by atoms with Gasteiger partial charge in [0.15, 0.2) is 0 Å². The number of piperidine rings is 2. The van der Waals surface area contributed by atoms with E-state index in [1.54, 1.807) is 12.3 Å². The molecule has 7 nitrogen and oxygen atoms in total. The summed E-state index contributed by atoms with van der Waals surface area (Å²) in [5, 5.41) is 3.16. The maximum Gasteiger partial charge on any atom is 0.251 e. The van der Waals surface area contributed by atoms with Crippen LogP contribution in [0.3, 0.4) is 0 Å². The Labute approximate surface area is 219 Å². The summed E-state index contributed by atoms with van der Waals surface area (Å²) in [7, 11) is 0. The summed E-state index contributed by atoms with van der Waals surface area (Å²) in [6, 6.07) is 11.5. The Morgan fingerprint density at radius 2 is 1.70 bits per heavy atom. The van der Waals surface area contributed by atoms with Gasteiger partial charge in [-0.3, -0.25) is 9.59 Å². The second-order valence-corrected chi connectivity index (χ2v) is 10.5. The van der Waals surface area contributed by atoms with Gasteiger partial charge in [-0.25, -0.2) is 4.98 Å². The normalized spacial score (nSPS) is 20.7. The molecule has 5 rings (SSSR count). The lowest BCUT2D eigenvalue weighted by molar-refractivity contribution is -0.128.